The van der Waals surface area contributed by atoms with Gasteiger partial charge in [-0.25, -0.2) is 0 Å². The van der Waals surface area contributed by atoms with E-state index in [1.54, 1.807) is 0 Å². The second kappa shape index (κ2) is 7.70. The van der Waals surface area contributed by atoms with E-state index in [9.17, 15) is 4.79 Å². The van der Waals surface area contributed by atoms with Crippen LogP contribution in [0.25, 0.3) is 0 Å². The maximum atomic E-state index is 11.7. The van der Waals surface area contributed by atoms with Crippen molar-refractivity contribution in [3.63, 3.8) is 0 Å². The van der Waals surface area contributed by atoms with Crippen LogP contribution in [0.2, 0.25) is 0 Å². The largest absolute Gasteiger partial charge is 0.466 e. The predicted molar refractivity (Wildman–Crippen MR) is 69.9 cm³/mol. The molecule has 100 valence electrons. The topological polar surface area (TPSA) is 29.5 Å². The van der Waals surface area contributed by atoms with Gasteiger partial charge in [-0.3, -0.25) is 4.79 Å². The van der Waals surface area contributed by atoms with Gasteiger partial charge in [0.25, 0.3) is 0 Å². The Kier molecular flexibility index (Phi) is 6.56. The van der Waals surface area contributed by atoms with E-state index in [0.29, 0.717) is 6.61 Å². The Labute approximate surface area is 106 Å². The highest BCUT2D eigenvalue weighted by Gasteiger charge is 2.27. The van der Waals surface area contributed by atoms with Crippen LogP contribution in [0.1, 0.15) is 46.5 Å². The number of hydrogen-bond acceptors (Lipinski definition) is 3. The van der Waals surface area contributed by atoms with Gasteiger partial charge in [0.15, 0.2) is 0 Å². The number of carbonyl (C=O) groups excluding carboxylic acids is 1. The smallest absolute Gasteiger partial charge is 0.310 e. The summed E-state index contributed by atoms with van der Waals surface area (Å²) in [5, 5.41) is 0. The first-order valence-corrected chi connectivity index (χ1v) is 7.06. The van der Waals surface area contributed by atoms with Gasteiger partial charge in [-0.1, -0.05) is 20.3 Å². The average molecular weight is 241 g/mol. The maximum absolute atomic E-state index is 11.7. The summed E-state index contributed by atoms with van der Waals surface area (Å²) in [6.07, 6.45) is 4.65. The number of esters is 1. The van der Waals surface area contributed by atoms with Gasteiger partial charge in [-0.15, -0.1) is 0 Å². The van der Waals surface area contributed by atoms with E-state index in [1.807, 2.05) is 6.92 Å². The van der Waals surface area contributed by atoms with E-state index in [4.69, 9.17) is 4.74 Å². The van der Waals surface area contributed by atoms with E-state index >= 15 is 0 Å². The fourth-order valence-electron chi connectivity index (χ4n) is 2.70. The normalized spacial score (nSPS) is 23.4. The van der Waals surface area contributed by atoms with Gasteiger partial charge in [-0.05, 0) is 38.6 Å². The van der Waals surface area contributed by atoms with Gasteiger partial charge in [0.2, 0.25) is 0 Å². The summed E-state index contributed by atoms with van der Waals surface area (Å²) in [6.45, 7) is 10.1. The number of likely N-dealkylation sites (tertiary alicyclic amines) is 1. The molecule has 0 aromatic heterocycles. The van der Waals surface area contributed by atoms with Crippen molar-refractivity contribution in [3.05, 3.63) is 0 Å². The molecule has 3 nitrogen and oxygen atoms in total. The zero-order chi connectivity index (χ0) is 12.7. The van der Waals surface area contributed by atoms with Gasteiger partial charge >= 0.3 is 5.97 Å². The molecule has 0 aromatic rings. The second-order valence-corrected chi connectivity index (χ2v) is 5.24. The molecule has 1 saturated heterocycles. The molecule has 0 spiro atoms. The molecule has 1 unspecified atom stereocenters. The van der Waals surface area contributed by atoms with Gasteiger partial charge in [-0.2, -0.15) is 0 Å². The third-order valence-corrected chi connectivity index (χ3v) is 3.48. The SMILES string of the molecule is CCCC(C)CN1CCC[C@H](C(=O)OCC)C1. The van der Waals surface area contributed by atoms with Crippen molar-refractivity contribution in [2.75, 3.05) is 26.2 Å². The van der Waals surface area contributed by atoms with Crippen LogP contribution in [0.4, 0.5) is 0 Å². The summed E-state index contributed by atoms with van der Waals surface area (Å²) in [6, 6.07) is 0. The van der Waals surface area contributed by atoms with Crippen LogP contribution in [0.15, 0.2) is 0 Å². The van der Waals surface area contributed by atoms with E-state index < -0.39 is 0 Å². The summed E-state index contributed by atoms with van der Waals surface area (Å²) in [5.74, 6) is 0.846. The third-order valence-electron chi connectivity index (χ3n) is 3.48. The van der Waals surface area contributed by atoms with Crippen LogP contribution in [0.5, 0.6) is 0 Å². The third kappa shape index (κ3) is 5.07. The van der Waals surface area contributed by atoms with Crippen molar-refractivity contribution in [3.8, 4) is 0 Å². The second-order valence-electron chi connectivity index (χ2n) is 5.24. The maximum Gasteiger partial charge on any atom is 0.310 e. The average Bonchev–Trinajstić information content (AvgIpc) is 2.30. The molecule has 0 bridgehead atoms. The molecule has 17 heavy (non-hydrogen) atoms. The summed E-state index contributed by atoms with van der Waals surface area (Å²) in [5.41, 5.74) is 0. The summed E-state index contributed by atoms with van der Waals surface area (Å²) < 4.78 is 5.12. The summed E-state index contributed by atoms with van der Waals surface area (Å²) >= 11 is 0. The lowest BCUT2D eigenvalue weighted by molar-refractivity contribution is -0.150. The Hall–Kier alpha value is -0.570. The quantitative estimate of drug-likeness (QED) is 0.670. The van der Waals surface area contributed by atoms with E-state index in [-0.39, 0.29) is 11.9 Å². The number of nitrogens with zero attached hydrogens (tertiary/aromatic N) is 1. The highest BCUT2D eigenvalue weighted by molar-refractivity contribution is 5.72. The molecule has 0 amide bonds. The highest BCUT2D eigenvalue weighted by atomic mass is 16.5. The van der Waals surface area contributed by atoms with Gasteiger partial charge < -0.3 is 9.64 Å². The van der Waals surface area contributed by atoms with Crippen molar-refractivity contribution < 1.29 is 9.53 Å². The number of hydrogen-bond donors (Lipinski definition) is 0. The first-order valence-electron chi connectivity index (χ1n) is 7.06. The number of ether oxygens (including phenoxy) is 1. The van der Waals surface area contributed by atoms with Crippen LogP contribution < -0.4 is 0 Å². The number of rotatable bonds is 6. The molecule has 1 fully saturated rings. The zero-order valence-electron chi connectivity index (χ0n) is 11.6. The standard InChI is InChI=1S/C14H27NO2/c1-4-7-12(3)10-15-9-6-8-13(11-15)14(16)17-5-2/h12-13H,4-11H2,1-3H3/t12?,13-/m0/s1. The first kappa shape index (κ1) is 14.5. The molecule has 3 heteroatoms. The molecule has 0 saturated carbocycles. The van der Waals surface area contributed by atoms with Crippen LogP contribution in [-0.2, 0) is 9.53 Å². The van der Waals surface area contributed by atoms with Crippen LogP contribution in [0.3, 0.4) is 0 Å². The molecule has 1 rings (SSSR count). The highest BCUT2D eigenvalue weighted by Crippen LogP contribution is 2.19. The van der Waals surface area contributed by atoms with Crippen LogP contribution in [-0.4, -0.2) is 37.1 Å². The lowest BCUT2D eigenvalue weighted by atomic mass is 9.96. The first-order chi connectivity index (χ1) is 8.17. The molecule has 2 atom stereocenters. The van der Waals surface area contributed by atoms with Gasteiger partial charge in [0.05, 0.1) is 12.5 Å². The van der Waals surface area contributed by atoms with E-state index in [2.05, 4.69) is 18.7 Å². The fraction of sp³-hybridized carbons (Fsp3) is 0.929. The molecule has 1 heterocycles. The minimum atomic E-state index is 0.000319. The fourth-order valence-corrected chi connectivity index (χ4v) is 2.70. The minimum Gasteiger partial charge on any atom is -0.466 e. The monoisotopic (exact) mass is 241 g/mol. The molecular weight excluding hydrogens is 214 g/mol. The van der Waals surface area contributed by atoms with Gasteiger partial charge in [0, 0.05) is 13.1 Å². The summed E-state index contributed by atoms with van der Waals surface area (Å²) in [7, 11) is 0. The molecular formula is C14H27NO2. The van der Waals surface area contributed by atoms with E-state index in [0.717, 1.165) is 38.4 Å². The summed E-state index contributed by atoms with van der Waals surface area (Å²) in [4.78, 5) is 14.1. The molecule has 0 aliphatic carbocycles. The van der Waals surface area contributed by atoms with Crippen molar-refractivity contribution in [2.24, 2.45) is 11.8 Å². The van der Waals surface area contributed by atoms with Crippen molar-refractivity contribution in [1.29, 1.82) is 0 Å². The van der Waals surface area contributed by atoms with Crippen LogP contribution >= 0.6 is 0 Å². The zero-order valence-corrected chi connectivity index (χ0v) is 11.6. The Balaban J connectivity index is 2.35. The predicted octanol–water partition coefficient (Wildman–Crippen LogP) is 2.70. The van der Waals surface area contributed by atoms with Crippen molar-refractivity contribution >= 4 is 5.97 Å². The Morgan fingerprint density at radius 3 is 2.88 bits per heavy atom. The molecule has 0 N–H and O–H groups in total. The molecule has 0 aromatic carbocycles. The molecule has 1 aliphatic rings. The molecule has 0 radical (unpaired) electrons. The number of carbonyl (C=O) groups is 1. The Morgan fingerprint density at radius 2 is 2.24 bits per heavy atom. The van der Waals surface area contributed by atoms with Gasteiger partial charge in [0.1, 0.15) is 0 Å². The van der Waals surface area contributed by atoms with Crippen molar-refractivity contribution in [1.82, 2.24) is 4.90 Å². The number of piperidine rings is 1. The van der Waals surface area contributed by atoms with Crippen molar-refractivity contribution in [2.45, 2.75) is 46.5 Å². The Bertz CT molecular complexity index is 230. The lowest BCUT2D eigenvalue weighted by Crippen LogP contribution is -2.41. The van der Waals surface area contributed by atoms with E-state index in [1.165, 1.54) is 12.8 Å². The minimum absolute atomic E-state index is 0.000319. The lowest BCUT2D eigenvalue weighted by Gasteiger charge is -2.33. The molecule has 1 aliphatic heterocycles. The van der Waals surface area contributed by atoms with Crippen LogP contribution in [0, 0.1) is 11.8 Å². The Morgan fingerprint density at radius 1 is 1.47 bits per heavy atom.